The predicted molar refractivity (Wildman–Crippen MR) is 107 cm³/mol. The monoisotopic (exact) mass is 414 g/mol. The quantitative estimate of drug-likeness (QED) is 0.678. The molecule has 2 heterocycles. The number of halogens is 2. The first-order valence-electron chi connectivity index (χ1n) is 8.74. The van der Waals surface area contributed by atoms with E-state index in [-0.39, 0.29) is 18.1 Å². The molecule has 1 aliphatic heterocycles. The first kappa shape index (κ1) is 18.9. The van der Waals surface area contributed by atoms with Crippen molar-refractivity contribution >= 4 is 34.9 Å². The van der Waals surface area contributed by atoms with Gasteiger partial charge in [0.1, 0.15) is 23.4 Å². The van der Waals surface area contributed by atoms with Crippen molar-refractivity contribution in [3.8, 4) is 16.9 Å². The van der Waals surface area contributed by atoms with Gasteiger partial charge in [0.25, 0.3) is 0 Å². The summed E-state index contributed by atoms with van der Waals surface area (Å²) in [5.74, 6) is -0.219. The summed E-state index contributed by atoms with van der Waals surface area (Å²) in [6.07, 6.45) is 1.46. The van der Waals surface area contributed by atoms with Crippen LogP contribution in [0.15, 0.2) is 48.7 Å². The van der Waals surface area contributed by atoms with E-state index in [1.54, 1.807) is 30.3 Å². The van der Waals surface area contributed by atoms with E-state index in [1.165, 1.54) is 30.1 Å². The molecule has 1 unspecified atom stereocenters. The van der Waals surface area contributed by atoms with Gasteiger partial charge < -0.3 is 15.4 Å². The number of fused-ring (bicyclic) bond motifs is 1. The zero-order chi connectivity index (χ0) is 20.5. The number of carbonyl (C=O) groups excluding carboxylic acids is 2. The second-order valence-corrected chi connectivity index (χ2v) is 6.87. The summed E-state index contributed by atoms with van der Waals surface area (Å²) in [4.78, 5) is 25.2. The molecule has 0 radical (unpaired) electrons. The van der Waals surface area contributed by atoms with Gasteiger partial charge in [-0.25, -0.2) is 9.07 Å². The largest absolute Gasteiger partial charge is 0.497 e. The van der Waals surface area contributed by atoms with E-state index in [0.717, 1.165) is 0 Å². The minimum absolute atomic E-state index is 0.0784. The van der Waals surface area contributed by atoms with Crippen molar-refractivity contribution in [2.45, 2.75) is 12.5 Å². The molecule has 1 aromatic heterocycles. The molecule has 0 bridgehead atoms. The van der Waals surface area contributed by atoms with Crippen molar-refractivity contribution < 1.29 is 18.7 Å². The Hall–Kier alpha value is -3.39. The molecular weight excluding hydrogens is 399 g/mol. The zero-order valence-corrected chi connectivity index (χ0v) is 16.0. The highest BCUT2D eigenvalue weighted by molar-refractivity contribution is 6.33. The van der Waals surface area contributed by atoms with Crippen LogP contribution < -0.4 is 15.4 Å². The van der Waals surface area contributed by atoms with Crippen LogP contribution in [0.5, 0.6) is 5.75 Å². The normalized spacial score (nSPS) is 15.4. The maximum absolute atomic E-state index is 13.2. The van der Waals surface area contributed by atoms with E-state index in [1.807, 2.05) is 0 Å². The van der Waals surface area contributed by atoms with Gasteiger partial charge in [-0.1, -0.05) is 23.7 Å². The molecule has 29 heavy (non-hydrogen) atoms. The second-order valence-electron chi connectivity index (χ2n) is 6.46. The van der Waals surface area contributed by atoms with Crippen molar-refractivity contribution in [1.82, 2.24) is 9.78 Å². The number of hydrogen-bond acceptors (Lipinski definition) is 4. The van der Waals surface area contributed by atoms with Crippen LogP contribution in [0.2, 0.25) is 5.02 Å². The molecule has 2 amide bonds. The average Bonchev–Trinajstić information content (AvgIpc) is 3.13. The Morgan fingerprint density at radius 1 is 1.31 bits per heavy atom. The summed E-state index contributed by atoms with van der Waals surface area (Å²) >= 11 is 6.16. The number of aromatic nitrogens is 2. The van der Waals surface area contributed by atoms with Crippen molar-refractivity contribution in [2.24, 2.45) is 0 Å². The Kier molecular flexibility index (Phi) is 4.94. The van der Waals surface area contributed by atoms with Gasteiger partial charge in [0, 0.05) is 11.6 Å². The van der Waals surface area contributed by atoms with E-state index in [0.29, 0.717) is 33.4 Å². The molecule has 7 nitrogen and oxygen atoms in total. The van der Waals surface area contributed by atoms with E-state index in [4.69, 9.17) is 16.3 Å². The Labute approximate surface area is 170 Å². The lowest BCUT2D eigenvalue weighted by molar-refractivity contribution is -0.125. The summed E-state index contributed by atoms with van der Waals surface area (Å²) in [6.45, 7) is 0. The molecule has 0 saturated heterocycles. The topological polar surface area (TPSA) is 85.2 Å². The van der Waals surface area contributed by atoms with Crippen LogP contribution in [0, 0.1) is 5.82 Å². The lowest BCUT2D eigenvalue weighted by Crippen LogP contribution is -2.35. The molecule has 4 rings (SSSR count). The van der Waals surface area contributed by atoms with E-state index in [2.05, 4.69) is 15.7 Å². The van der Waals surface area contributed by atoms with Crippen LogP contribution >= 0.6 is 11.6 Å². The van der Waals surface area contributed by atoms with Gasteiger partial charge >= 0.3 is 0 Å². The Balaban J connectivity index is 1.66. The van der Waals surface area contributed by atoms with Gasteiger partial charge in [-0.15, -0.1) is 0 Å². The van der Waals surface area contributed by atoms with Gasteiger partial charge in [0.15, 0.2) is 0 Å². The summed E-state index contributed by atoms with van der Waals surface area (Å²) in [6, 6.07) is 9.81. The number of ether oxygens (including phenoxy) is 1. The number of nitrogens with zero attached hydrogens (tertiary/aromatic N) is 2. The summed E-state index contributed by atoms with van der Waals surface area (Å²) in [7, 11) is 1.51. The summed E-state index contributed by atoms with van der Waals surface area (Å²) in [5, 5.41) is 10.1. The SMILES string of the molecule is COc1ccc(Cl)c(NC(=O)C2CC(=O)Nc3c(-c4ccc(F)cc4)cnn32)c1. The third-order valence-corrected chi connectivity index (χ3v) is 4.95. The molecule has 148 valence electrons. The van der Waals surface area contributed by atoms with Crippen LogP contribution in [0.1, 0.15) is 12.5 Å². The first-order valence-corrected chi connectivity index (χ1v) is 9.12. The highest BCUT2D eigenvalue weighted by atomic mass is 35.5. The molecule has 1 aliphatic rings. The number of carbonyl (C=O) groups is 2. The van der Waals surface area contributed by atoms with Crippen LogP contribution in [0.4, 0.5) is 15.9 Å². The number of rotatable bonds is 4. The number of methoxy groups -OCH3 is 1. The molecule has 2 N–H and O–H groups in total. The number of amides is 2. The Morgan fingerprint density at radius 3 is 2.79 bits per heavy atom. The van der Waals surface area contributed by atoms with Gasteiger partial charge in [0.2, 0.25) is 11.8 Å². The third kappa shape index (κ3) is 3.66. The van der Waals surface area contributed by atoms with Crippen LogP contribution in [0.25, 0.3) is 11.1 Å². The molecule has 0 spiro atoms. The molecule has 1 atom stereocenters. The maximum atomic E-state index is 13.2. The van der Waals surface area contributed by atoms with Crippen molar-refractivity contribution in [2.75, 3.05) is 17.7 Å². The first-order chi connectivity index (χ1) is 14.0. The van der Waals surface area contributed by atoms with Gasteiger partial charge in [0.05, 0.1) is 30.4 Å². The molecular formula is C20H16ClFN4O3. The van der Waals surface area contributed by atoms with Gasteiger partial charge in [-0.05, 0) is 29.8 Å². The minimum atomic E-state index is -0.866. The molecule has 0 saturated carbocycles. The molecule has 2 aromatic carbocycles. The van der Waals surface area contributed by atoms with Crippen LogP contribution in [-0.2, 0) is 9.59 Å². The highest BCUT2D eigenvalue weighted by Gasteiger charge is 2.33. The van der Waals surface area contributed by atoms with Crippen molar-refractivity contribution in [3.05, 3.63) is 59.5 Å². The fourth-order valence-corrected chi connectivity index (χ4v) is 3.32. The molecule has 0 aliphatic carbocycles. The van der Waals surface area contributed by atoms with Gasteiger partial charge in [-0.2, -0.15) is 5.10 Å². The van der Waals surface area contributed by atoms with E-state index >= 15 is 0 Å². The maximum Gasteiger partial charge on any atom is 0.249 e. The third-order valence-electron chi connectivity index (χ3n) is 4.62. The predicted octanol–water partition coefficient (Wildman–Crippen LogP) is 3.87. The number of hydrogen-bond donors (Lipinski definition) is 2. The highest BCUT2D eigenvalue weighted by Crippen LogP contribution is 2.35. The number of nitrogens with one attached hydrogen (secondary N) is 2. The lowest BCUT2D eigenvalue weighted by Gasteiger charge is -2.25. The minimum Gasteiger partial charge on any atom is -0.497 e. The van der Waals surface area contributed by atoms with Gasteiger partial charge in [-0.3, -0.25) is 9.59 Å². The second kappa shape index (κ2) is 7.56. The van der Waals surface area contributed by atoms with E-state index in [9.17, 15) is 14.0 Å². The Morgan fingerprint density at radius 2 is 2.07 bits per heavy atom. The smallest absolute Gasteiger partial charge is 0.249 e. The van der Waals surface area contributed by atoms with Crippen molar-refractivity contribution in [3.63, 3.8) is 0 Å². The zero-order valence-electron chi connectivity index (χ0n) is 15.3. The molecule has 3 aromatic rings. The number of benzene rings is 2. The fourth-order valence-electron chi connectivity index (χ4n) is 3.16. The summed E-state index contributed by atoms with van der Waals surface area (Å²) < 4.78 is 19.8. The standard InChI is InChI=1S/C20H16ClFN4O3/c1-29-13-6-7-15(21)16(8-13)24-20(28)17-9-18(27)25-19-14(10-23-26(17)19)11-2-4-12(22)5-3-11/h2-8,10,17H,9H2,1H3,(H,24,28)(H,25,27). The van der Waals surface area contributed by atoms with E-state index < -0.39 is 11.9 Å². The van der Waals surface area contributed by atoms with Crippen LogP contribution in [-0.4, -0.2) is 28.7 Å². The van der Waals surface area contributed by atoms with Crippen LogP contribution in [0.3, 0.4) is 0 Å². The number of anilines is 2. The average molecular weight is 415 g/mol. The van der Waals surface area contributed by atoms with Crippen molar-refractivity contribution in [1.29, 1.82) is 0 Å². The Bertz CT molecular complexity index is 1100. The fraction of sp³-hybridized carbons (Fsp3) is 0.150. The molecule has 0 fully saturated rings. The summed E-state index contributed by atoms with van der Waals surface area (Å²) in [5.41, 5.74) is 1.63. The molecule has 9 heteroatoms. The lowest BCUT2D eigenvalue weighted by atomic mass is 10.1.